The smallest absolute Gasteiger partial charge is 0.462 e. The van der Waals surface area contributed by atoms with Gasteiger partial charge in [0.1, 0.15) is 19.3 Å². The Morgan fingerprint density at radius 1 is 0.312 bits per heavy atom. The van der Waals surface area contributed by atoms with E-state index in [2.05, 4.69) is 27.7 Å². The maximum atomic E-state index is 12.9. The third-order valence-electron chi connectivity index (χ3n) is 13.4. The summed E-state index contributed by atoms with van der Waals surface area (Å²) in [4.78, 5) is 71.5. The molecule has 0 aromatic rings. The van der Waals surface area contributed by atoms with Crippen LogP contribution in [0.25, 0.3) is 0 Å². The number of rotatable bonds is 59. The summed E-state index contributed by atoms with van der Waals surface area (Å²) in [6, 6.07) is 0. The SMILES string of the molecule is CCCCCCCCCCCCCCCCCC(=O)OC[C@H](COP(=O)(O)OC[C@@H](O)COP(=O)(O)OC[C@@H](COC(=O)CCCCCCCCCCC)OC(=O)CCCCCCC)OC(=O)CCCCCCCCCC. The van der Waals surface area contributed by atoms with E-state index in [1.165, 1.54) is 116 Å². The van der Waals surface area contributed by atoms with Gasteiger partial charge in [-0.1, -0.05) is 240 Å². The number of unbranched alkanes of at least 4 members (excludes halogenated alkanes) is 33. The van der Waals surface area contributed by atoms with E-state index in [4.69, 9.17) is 37.0 Å². The number of aliphatic hydroxyl groups is 1. The molecule has 0 spiro atoms. The van der Waals surface area contributed by atoms with Crippen molar-refractivity contribution in [2.24, 2.45) is 0 Å². The highest BCUT2D eigenvalue weighted by Gasteiger charge is 2.30. The lowest BCUT2D eigenvalue weighted by Gasteiger charge is -2.21. The quantitative estimate of drug-likeness (QED) is 0.0222. The van der Waals surface area contributed by atoms with Gasteiger partial charge in [0.15, 0.2) is 12.2 Å². The molecule has 3 N–H and O–H groups in total. The monoisotopic (exact) mass is 1140 g/mol. The summed E-state index contributed by atoms with van der Waals surface area (Å²) in [6.07, 6.45) is 36.7. The predicted molar refractivity (Wildman–Crippen MR) is 303 cm³/mol. The average Bonchev–Trinajstić information content (AvgIpc) is 3.40. The van der Waals surface area contributed by atoms with E-state index >= 15 is 0 Å². The Hall–Kier alpha value is -1.94. The van der Waals surface area contributed by atoms with Crippen LogP contribution >= 0.6 is 15.6 Å². The molecule has 2 unspecified atom stereocenters. The lowest BCUT2D eigenvalue weighted by molar-refractivity contribution is -0.161. The summed E-state index contributed by atoms with van der Waals surface area (Å²) in [5, 5.41) is 10.5. The van der Waals surface area contributed by atoms with Crippen molar-refractivity contribution in [2.45, 2.75) is 309 Å². The van der Waals surface area contributed by atoms with E-state index in [9.17, 15) is 43.2 Å². The van der Waals surface area contributed by atoms with Crippen molar-refractivity contribution in [3.63, 3.8) is 0 Å². The lowest BCUT2D eigenvalue weighted by Crippen LogP contribution is -2.30. The fraction of sp³-hybridized carbons (Fsp3) is 0.931. The van der Waals surface area contributed by atoms with Gasteiger partial charge in [-0.3, -0.25) is 37.3 Å². The molecule has 0 rings (SSSR count). The summed E-state index contributed by atoms with van der Waals surface area (Å²) in [6.45, 7) is 4.71. The second-order valence-electron chi connectivity index (χ2n) is 21.0. The van der Waals surface area contributed by atoms with Gasteiger partial charge in [-0.15, -0.1) is 0 Å². The highest BCUT2D eigenvalue weighted by Crippen LogP contribution is 2.45. The normalized spacial score (nSPS) is 14.3. The molecule has 17 nitrogen and oxygen atoms in total. The molecule has 0 aromatic heterocycles. The number of carbonyl (C=O) groups is 4. The van der Waals surface area contributed by atoms with Gasteiger partial charge in [-0.2, -0.15) is 0 Å². The molecule has 0 heterocycles. The van der Waals surface area contributed by atoms with Crippen LogP contribution in [0.5, 0.6) is 0 Å². The zero-order valence-corrected chi connectivity index (χ0v) is 50.7. The standard InChI is InChI=1S/C58H112O17P2/c1-5-9-13-17-20-23-24-25-26-27-28-30-33-36-39-43-56(61)69-49-54(75-58(63)45-41-37-31-22-19-15-11-7-3)51-73-77(66,67)71-47-52(59)46-70-76(64,65)72-50-53(74-57(62)44-40-34-16-12-8-4)48-68-55(60)42-38-35-32-29-21-18-14-10-6-2/h52-54,59H,5-51H2,1-4H3,(H,64,65)(H,66,67)/t52-,53+,54+/m0/s1. The first-order valence-electron chi connectivity index (χ1n) is 30.8. The second-order valence-corrected chi connectivity index (χ2v) is 23.9. The Morgan fingerprint density at radius 2 is 0.519 bits per heavy atom. The minimum atomic E-state index is -4.93. The number of aliphatic hydroxyl groups excluding tert-OH is 1. The van der Waals surface area contributed by atoms with Crippen LogP contribution in [-0.4, -0.2) is 96.7 Å². The third kappa shape index (κ3) is 53.2. The van der Waals surface area contributed by atoms with E-state index in [0.717, 1.165) is 96.3 Å². The Kier molecular flexibility index (Phi) is 52.0. The molecule has 0 aromatic carbocycles. The van der Waals surface area contributed by atoms with Crippen molar-refractivity contribution >= 4 is 39.5 Å². The predicted octanol–water partition coefficient (Wildman–Crippen LogP) is 15.6. The zero-order chi connectivity index (χ0) is 56.9. The van der Waals surface area contributed by atoms with Gasteiger partial charge < -0.3 is 33.8 Å². The molecule has 0 aliphatic rings. The molecule has 456 valence electrons. The molecule has 0 fully saturated rings. The average molecular weight is 1140 g/mol. The Bertz CT molecular complexity index is 1500. The largest absolute Gasteiger partial charge is 0.472 e. The molecule has 77 heavy (non-hydrogen) atoms. The van der Waals surface area contributed by atoms with E-state index in [1.807, 2.05) is 0 Å². The van der Waals surface area contributed by atoms with Crippen LogP contribution in [0.2, 0.25) is 0 Å². The van der Waals surface area contributed by atoms with Crippen LogP contribution in [0.4, 0.5) is 0 Å². The minimum absolute atomic E-state index is 0.0999. The number of esters is 4. The van der Waals surface area contributed by atoms with E-state index in [0.29, 0.717) is 25.7 Å². The number of carbonyl (C=O) groups excluding carboxylic acids is 4. The van der Waals surface area contributed by atoms with Crippen molar-refractivity contribution in [2.75, 3.05) is 39.6 Å². The molecule has 0 saturated heterocycles. The molecule has 0 bridgehead atoms. The molecular formula is C58H112O17P2. The molecular weight excluding hydrogens is 1030 g/mol. The molecule has 0 radical (unpaired) electrons. The van der Waals surface area contributed by atoms with Crippen molar-refractivity contribution in [1.82, 2.24) is 0 Å². The lowest BCUT2D eigenvalue weighted by atomic mass is 10.0. The van der Waals surface area contributed by atoms with Crippen molar-refractivity contribution in [1.29, 1.82) is 0 Å². The summed E-state index contributed by atoms with van der Waals surface area (Å²) < 4.78 is 67.4. The van der Waals surface area contributed by atoms with Crippen LogP contribution in [0.15, 0.2) is 0 Å². The fourth-order valence-electron chi connectivity index (χ4n) is 8.57. The highest BCUT2D eigenvalue weighted by atomic mass is 31.2. The van der Waals surface area contributed by atoms with Crippen LogP contribution in [0.1, 0.15) is 291 Å². The van der Waals surface area contributed by atoms with E-state index in [1.54, 1.807) is 0 Å². The van der Waals surface area contributed by atoms with Crippen molar-refractivity contribution in [3.05, 3.63) is 0 Å². The summed E-state index contributed by atoms with van der Waals surface area (Å²) >= 11 is 0. The van der Waals surface area contributed by atoms with Gasteiger partial charge >= 0.3 is 39.5 Å². The van der Waals surface area contributed by atoms with Gasteiger partial charge in [-0.25, -0.2) is 9.13 Å². The summed E-state index contributed by atoms with van der Waals surface area (Å²) in [5.74, 6) is -2.15. The molecule has 0 aliphatic carbocycles. The number of phosphoric ester groups is 2. The van der Waals surface area contributed by atoms with Crippen LogP contribution in [0.3, 0.4) is 0 Å². The fourth-order valence-corrected chi connectivity index (χ4v) is 10.2. The number of hydrogen-bond acceptors (Lipinski definition) is 15. The third-order valence-corrected chi connectivity index (χ3v) is 15.3. The second kappa shape index (κ2) is 53.4. The zero-order valence-electron chi connectivity index (χ0n) is 48.9. The van der Waals surface area contributed by atoms with Crippen molar-refractivity contribution < 1.29 is 80.2 Å². The first-order valence-corrected chi connectivity index (χ1v) is 33.8. The summed E-state index contributed by atoms with van der Waals surface area (Å²) in [7, 11) is -9.86. The van der Waals surface area contributed by atoms with Gasteiger partial charge in [0.2, 0.25) is 0 Å². The highest BCUT2D eigenvalue weighted by molar-refractivity contribution is 7.47. The van der Waals surface area contributed by atoms with Gasteiger partial charge in [-0.05, 0) is 25.7 Å². The maximum absolute atomic E-state index is 12.9. The van der Waals surface area contributed by atoms with Crippen LogP contribution in [-0.2, 0) is 65.4 Å². The minimum Gasteiger partial charge on any atom is -0.462 e. The van der Waals surface area contributed by atoms with Crippen molar-refractivity contribution in [3.8, 4) is 0 Å². The number of ether oxygens (including phenoxy) is 4. The first kappa shape index (κ1) is 75.1. The molecule has 0 saturated carbocycles. The molecule has 0 amide bonds. The van der Waals surface area contributed by atoms with Gasteiger partial charge in [0.25, 0.3) is 0 Å². The van der Waals surface area contributed by atoms with Crippen LogP contribution < -0.4 is 0 Å². The Balaban J connectivity index is 5.08. The number of hydrogen-bond donors (Lipinski definition) is 3. The van der Waals surface area contributed by atoms with E-state index < -0.39 is 97.5 Å². The topological polar surface area (TPSA) is 237 Å². The first-order chi connectivity index (χ1) is 37.2. The summed E-state index contributed by atoms with van der Waals surface area (Å²) in [5.41, 5.74) is 0. The van der Waals surface area contributed by atoms with Crippen LogP contribution in [0, 0.1) is 0 Å². The van der Waals surface area contributed by atoms with Gasteiger partial charge in [0.05, 0.1) is 26.4 Å². The molecule has 0 aliphatic heterocycles. The molecule has 5 atom stereocenters. The van der Waals surface area contributed by atoms with Gasteiger partial charge in [0, 0.05) is 25.7 Å². The Labute approximate surface area is 467 Å². The number of phosphoric acid groups is 2. The van der Waals surface area contributed by atoms with E-state index in [-0.39, 0.29) is 25.7 Å². The Morgan fingerprint density at radius 3 is 0.766 bits per heavy atom. The maximum Gasteiger partial charge on any atom is 0.472 e. The molecule has 19 heteroatoms.